The van der Waals surface area contributed by atoms with E-state index < -0.39 is 29.3 Å². The van der Waals surface area contributed by atoms with Crippen LogP contribution in [0.3, 0.4) is 0 Å². The van der Waals surface area contributed by atoms with Crippen LogP contribution >= 0.6 is 11.6 Å². The van der Waals surface area contributed by atoms with E-state index in [1.165, 1.54) is 6.20 Å². The van der Waals surface area contributed by atoms with Crippen LogP contribution in [0.25, 0.3) is 11.3 Å². The Morgan fingerprint density at radius 2 is 2.03 bits per heavy atom. The Kier molecular flexibility index (Phi) is 7.25. The summed E-state index contributed by atoms with van der Waals surface area (Å²) >= 11 is 5.78. The van der Waals surface area contributed by atoms with Gasteiger partial charge in [0.25, 0.3) is 12.3 Å². The minimum absolute atomic E-state index is 0.0926. The second kappa shape index (κ2) is 10.8. The van der Waals surface area contributed by atoms with Crippen LogP contribution in [0.2, 0.25) is 5.02 Å². The maximum atomic E-state index is 14.6. The summed E-state index contributed by atoms with van der Waals surface area (Å²) < 4.78 is 43.2. The standard InChI is InChI=1S/C25H21ClF3N7O2/c26-18-3-2-17(24(28)29)22(23(18)27)19-9-30-10-20(34-19)25(38)33-15-8-32-35(12-15)11-14-1-4-21(31-7-14)36-6-5-16(36)13-37/h1-4,7-10,12,16,24,37H,5-6,11,13H2,(H,33,38). The molecule has 38 heavy (non-hydrogen) atoms. The van der Waals surface area contributed by atoms with Gasteiger partial charge in [-0.15, -0.1) is 0 Å². The number of carbonyl (C=O) groups excluding carboxylic acids is 1. The van der Waals surface area contributed by atoms with E-state index in [0.717, 1.165) is 48.9 Å². The molecule has 1 unspecified atom stereocenters. The van der Waals surface area contributed by atoms with E-state index in [2.05, 4.69) is 25.4 Å². The first-order chi connectivity index (χ1) is 18.3. The molecule has 4 aromatic rings. The zero-order valence-electron chi connectivity index (χ0n) is 19.7. The Morgan fingerprint density at radius 3 is 2.71 bits per heavy atom. The van der Waals surface area contributed by atoms with Crippen molar-refractivity contribution in [3.05, 3.63) is 82.9 Å². The number of benzene rings is 1. The number of aliphatic hydroxyl groups is 1. The minimum Gasteiger partial charge on any atom is -0.394 e. The van der Waals surface area contributed by atoms with Crippen molar-refractivity contribution in [2.45, 2.75) is 25.4 Å². The van der Waals surface area contributed by atoms with Gasteiger partial charge in [-0.05, 0) is 24.1 Å². The third kappa shape index (κ3) is 5.18. The van der Waals surface area contributed by atoms with E-state index in [0.29, 0.717) is 12.2 Å². The number of halogens is 4. The van der Waals surface area contributed by atoms with Gasteiger partial charge in [0.15, 0.2) is 5.82 Å². The average Bonchev–Trinajstić information content (AvgIpc) is 3.32. The van der Waals surface area contributed by atoms with Crippen LogP contribution < -0.4 is 10.2 Å². The van der Waals surface area contributed by atoms with Gasteiger partial charge in [-0.3, -0.25) is 14.5 Å². The molecule has 1 aromatic carbocycles. The molecular weight excluding hydrogens is 523 g/mol. The molecule has 2 N–H and O–H groups in total. The van der Waals surface area contributed by atoms with E-state index in [9.17, 15) is 23.1 Å². The number of rotatable bonds is 8. The molecule has 0 radical (unpaired) electrons. The minimum atomic E-state index is -2.98. The van der Waals surface area contributed by atoms with Crippen LogP contribution in [0.4, 0.5) is 24.7 Å². The predicted molar refractivity (Wildman–Crippen MR) is 134 cm³/mol. The van der Waals surface area contributed by atoms with Crippen LogP contribution in [-0.4, -0.2) is 54.9 Å². The van der Waals surface area contributed by atoms with Gasteiger partial charge in [0.2, 0.25) is 0 Å². The lowest BCUT2D eigenvalue weighted by Crippen LogP contribution is -2.50. The number of aromatic nitrogens is 5. The van der Waals surface area contributed by atoms with Crippen molar-refractivity contribution < 1.29 is 23.1 Å². The van der Waals surface area contributed by atoms with Gasteiger partial charge >= 0.3 is 0 Å². The van der Waals surface area contributed by atoms with Crippen molar-refractivity contribution in [2.24, 2.45) is 0 Å². The maximum absolute atomic E-state index is 14.6. The lowest BCUT2D eigenvalue weighted by molar-refractivity contribution is 0.102. The lowest BCUT2D eigenvalue weighted by atomic mass is 10.0. The molecule has 4 heterocycles. The molecule has 0 aliphatic carbocycles. The fraction of sp³-hybridized carbons (Fsp3) is 0.240. The Morgan fingerprint density at radius 1 is 1.18 bits per heavy atom. The summed E-state index contributed by atoms with van der Waals surface area (Å²) in [6, 6.07) is 5.95. The number of pyridine rings is 1. The van der Waals surface area contributed by atoms with E-state index in [-0.39, 0.29) is 29.1 Å². The summed E-state index contributed by atoms with van der Waals surface area (Å²) in [5.74, 6) is -0.953. The van der Waals surface area contributed by atoms with Crippen molar-refractivity contribution >= 4 is 29.0 Å². The number of nitrogens with one attached hydrogen (secondary N) is 1. The normalized spacial score (nSPS) is 15.0. The van der Waals surface area contributed by atoms with Crippen LogP contribution in [0, 0.1) is 5.82 Å². The number of amides is 1. The van der Waals surface area contributed by atoms with Crippen LogP contribution in [0.1, 0.15) is 34.5 Å². The Bertz CT molecular complexity index is 1460. The molecule has 0 saturated carbocycles. The van der Waals surface area contributed by atoms with E-state index in [1.807, 2.05) is 17.0 Å². The fourth-order valence-electron chi connectivity index (χ4n) is 4.11. The van der Waals surface area contributed by atoms with Gasteiger partial charge in [0.1, 0.15) is 11.5 Å². The molecule has 1 amide bonds. The Hall–Kier alpha value is -4.03. The van der Waals surface area contributed by atoms with Gasteiger partial charge in [-0.2, -0.15) is 5.10 Å². The molecular formula is C25H21ClF3N7O2. The number of alkyl halides is 2. The van der Waals surface area contributed by atoms with Gasteiger partial charge in [-0.25, -0.2) is 23.1 Å². The highest BCUT2D eigenvalue weighted by molar-refractivity contribution is 6.31. The first-order valence-electron chi connectivity index (χ1n) is 11.6. The number of carbonyl (C=O) groups is 1. The van der Waals surface area contributed by atoms with Gasteiger partial charge in [0.05, 0.1) is 54.2 Å². The molecule has 0 spiro atoms. The number of hydrogen-bond acceptors (Lipinski definition) is 7. The Balaban J connectivity index is 1.27. The quantitative estimate of drug-likeness (QED) is 0.340. The molecule has 13 heteroatoms. The summed E-state index contributed by atoms with van der Waals surface area (Å²) in [7, 11) is 0. The fourth-order valence-corrected chi connectivity index (χ4v) is 4.27. The first-order valence-corrected chi connectivity index (χ1v) is 12.0. The number of nitrogens with zero attached hydrogens (tertiary/aromatic N) is 6. The van der Waals surface area contributed by atoms with Crippen molar-refractivity contribution in [2.75, 3.05) is 23.4 Å². The molecule has 3 aromatic heterocycles. The van der Waals surface area contributed by atoms with Crippen molar-refractivity contribution in [3.8, 4) is 11.3 Å². The Labute approximate surface area is 219 Å². The number of aliphatic hydroxyl groups excluding tert-OH is 1. The first kappa shape index (κ1) is 25.6. The summed E-state index contributed by atoms with van der Waals surface area (Å²) in [6.45, 7) is 1.34. The second-order valence-corrected chi connectivity index (χ2v) is 9.05. The number of hydrogen-bond donors (Lipinski definition) is 2. The van der Waals surface area contributed by atoms with E-state index in [1.54, 1.807) is 17.1 Å². The third-order valence-electron chi connectivity index (χ3n) is 6.18. The maximum Gasteiger partial charge on any atom is 0.275 e. The largest absolute Gasteiger partial charge is 0.394 e. The molecule has 196 valence electrons. The molecule has 1 fully saturated rings. The molecule has 0 bridgehead atoms. The monoisotopic (exact) mass is 543 g/mol. The average molecular weight is 544 g/mol. The van der Waals surface area contributed by atoms with Crippen LogP contribution in [0.5, 0.6) is 0 Å². The predicted octanol–water partition coefficient (Wildman–Crippen LogP) is 4.34. The highest BCUT2D eigenvalue weighted by Gasteiger charge is 2.28. The zero-order valence-corrected chi connectivity index (χ0v) is 20.5. The van der Waals surface area contributed by atoms with Gasteiger partial charge < -0.3 is 15.3 Å². The molecule has 1 atom stereocenters. The smallest absolute Gasteiger partial charge is 0.275 e. The number of anilines is 2. The summed E-state index contributed by atoms with van der Waals surface area (Å²) in [4.78, 5) is 27.2. The lowest BCUT2D eigenvalue weighted by Gasteiger charge is -2.40. The van der Waals surface area contributed by atoms with Crippen molar-refractivity contribution in [1.29, 1.82) is 0 Å². The van der Waals surface area contributed by atoms with Crippen molar-refractivity contribution in [3.63, 3.8) is 0 Å². The third-order valence-corrected chi connectivity index (χ3v) is 6.47. The van der Waals surface area contributed by atoms with Gasteiger partial charge in [0, 0.05) is 30.1 Å². The van der Waals surface area contributed by atoms with Gasteiger partial charge in [-0.1, -0.05) is 23.7 Å². The van der Waals surface area contributed by atoms with Crippen LogP contribution in [-0.2, 0) is 6.54 Å². The second-order valence-electron chi connectivity index (χ2n) is 8.64. The van der Waals surface area contributed by atoms with Crippen molar-refractivity contribution in [1.82, 2.24) is 24.7 Å². The van der Waals surface area contributed by atoms with Crippen LogP contribution in [0.15, 0.2) is 55.2 Å². The molecule has 1 aliphatic rings. The molecule has 1 saturated heterocycles. The molecule has 5 rings (SSSR count). The van der Waals surface area contributed by atoms with E-state index >= 15 is 0 Å². The highest BCUT2D eigenvalue weighted by atomic mass is 35.5. The summed E-state index contributed by atoms with van der Waals surface area (Å²) in [5.41, 5.74) is -0.332. The van der Waals surface area contributed by atoms with E-state index in [4.69, 9.17) is 11.6 Å². The summed E-state index contributed by atoms with van der Waals surface area (Å²) in [5, 5.41) is 15.9. The highest BCUT2D eigenvalue weighted by Crippen LogP contribution is 2.35. The SMILES string of the molecule is O=C(Nc1cnn(Cc2ccc(N3CCC3CO)nc2)c1)c1cncc(-c2c(C(F)F)ccc(Cl)c2F)n1. The zero-order chi connectivity index (χ0) is 26.8. The molecule has 1 aliphatic heterocycles. The topological polar surface area (TPSA) is 109 Å². The molecule has 9 nitrogen and oxygen atoms in total. The summed E-state index contributed by atoms with van der Waals surface area (Å²) in [6.07, 6.45) is 4.94.